The summed E-state index contributed by atoms with van der Waals surface area (Å²) in [5, 5.41) is 9.21. The molecule has 1 aliphatic carbocycles. The Balaban J connectivity index is 2.13. The van der Waals surface area contributed by atoms with Gasteiger partial charge < -0.3 is 10.0 Å². The minimum Gasteiger partial charge on any atom is -0.393 e. The minimum absolute atomic E-state index is 0.0142. The topological polar surface area (TPSA) is 23.5 Å². The number of hydrogen-bond acceptors (Lipinski definition) is 3. The van der Waals surface area contributed by atoms with Crippen molar-refractivity contribution in [3.05, 3.63) is 0 Å². The molecule has 1 rings (SSSR count). The highest BCUT2D eigenvalue weighted by Gasteiger charge is 2.28. The Bertz CT molecular complexity index is 171. The molecule has 3 heteroatoms. The molecule has 1 fully saturated rings. The summed E-state index contributed by atoms with van der Waals surface area (Å²) in [6.45, 7) is 4.54. The Labute approximate surface area is 99.5 Å². The number of rotatable bonds is 7. The number of aliphatic hydroxyl groups is 1. The lowest BCUT2D eigenvalue weighted by molar-refractivity contribution is 0.0267. The third-order valence-corrected chi connectivity index (χ3v) is 3.82. The summed E-state index contributed by atoms with van der Waals surface area (Å²) in [6, 6.07) is 0. The van der Waals surface area contributed by atoms with Crippen molar-refractivity contribution in [2.24, 2.45) is 11.8 Å². The van der Waals surface area contributed by atoms with Crippen LogP contribution >= 0.6 is 12.6 Å². The van der Waals surface area contributed by atoms with E-state index in [1.807, 2.05) is 0 Å². The summed E-state index contributed by atoms with van der Waals surface area (Å²) in [7, 11) is 2.19. The van der Waals surface area contributed by atoms with Crippen molar-refractivity contribution < 1.29 is 5.11 Å². The Hall–Kier alpha value is 0.270. The number of nitrogens with zero attached hydrogens (tertiary/aromatic N) is 1. The van der Waals surface area contributed by atoms with Gasteiger partial charge in [-0.25, -0.2) is 0 Å². The van der Waals surface area contributed by atoms with Crippen LogP contribution in [0.1, 0.15) is 32.6 Å². The van der Waals surface area contributed by atoms with Crippen LogP contribution < -0.4 is 0 Å². The molecule has 1 saturated carbocycles. The van der Waals surface area contributed by atoms with E-state index in [1.165, 1.54) is 12.8 Å². The predicted octanol–water partition coefficient (Wildman–Crippen LogP) is 2.04. The van der Waals surface area contributed by atoms with Gasteiger partial charge in [-0.1, -0.05) is 13.3 Å². The highest BCUT2D eigenvalue weighted by Crippen LogP contribution is 2.27. The van der Waals surface area contributed by atoms with Crippen molar-refractivity contribution in [1.29, 1.82) is 0 Å². The standard InChI is InChI=1S/C12H25NOS/c1-3-4-10(9-15)7-13(2)8-11-5-12(14)6-11/h10-12,14-15H,3-9H2,1-2H3. The highest BCUT2D eigenvalue weighted by molar-refractivity contribution is 7.80. The molecule has 0 aromatic carbocycles. The molecule has 2 nitrogen and oxygen atoms in total. The third-order valence-electron chi connectivity index (χ3n) is 3.31. The molecule has 0 radical (unpaired) electrons. The fourth-order valence-electron chi connectivity index (χ4n) is 2.45. The molecule has 1 aliphatic rings. The lowest BCUT2D eigenvalue weighted by atomic mass is 9.82. The van der Waals surface area contributed by atoms with Gasteiger partial charge in [-0.15, -0.1) is 0 Å². The van der Waals surface area contributed by atoms with Gasteiger partial charge in [0.25, 0.3) is 0 Å². The average Bonchev–Trinajstić information content (AvgIpc) is 2.14. The van der Waals surface area contributed by atoms with Crippen LogP contribution in [-0.4, -0.2) is 42.0 Å². The first kappa shape index (κ1) is 13.3. The van der Waals surface area contributed by atoms with E-state index in [0.717, 1.165) is 43.5 Å². The lowest BCUT2D eigenvalue weighted by Crippen LogP contribution is -2.39. The Kier molecular flexibility index (Phi) is 6.02. The van der Waals surface area contributed by atoms with Gasteiger partial charge in [0.05, 0.1) is 6.10 Å². The van der Waals surface area contributed by atoms with Crippen LogP contribution in [0.25, 0.3) is 0 Å². The van der Waals surface area contributed by atoms with E-state index in [0.29, 0.717) is 0 Å². The Morgan fingerprint density at radius 2 is 2.13 bits per heavy atom. The molecule has 0 spiro atoms. The van der Waals surface area contributed by atoms with Gasteiger partial charge in [-0.05, 0) is 43.9 Å². The van der Waals surface area contributed by atoms with Crippen LogP contribution in [0, 0.1) is 11.8 Å². The largest absolute Gasteiger partial charge is 0.393 e. The van der Waals surface area contributed by atoms with Crippen LogP contribution in [0.15, 0.2) is 0 Å². The van der Waals surface area contributed by atoms with Gasteiger partial charge in [0.1, 0.15) is 0 Å². The fraction of sp³-hybridized carbons (Fsp3) is 1.00. The van der Waals surface area contributed by atoms with Crippen LogP contribution in [0.2, 0.25) is 0 Å². The molecule has 0 aromatic rings. The average molecular weight is 231 g/mol. The monoisotopic (exact) mass is 231 g/mol. The van der Waals surface area contributed by atoms with Crippen molar-refractivity contribution in [2.45, 2.75) is 38.7 Å². The summed E-state index contributed by atoms with van der Waals surface area (Å²) in [5.74, 6) is 2.45. The number of aliphatic hydroxyl groups excluding tert-OH is 1. The predicted molar refractivity (Wildman–Crippen MR) is 68.5 cm³/mol. The second-order valence-electron chi connectivity index (χ2n) is 5.05. The zero-order valence-corrected chi connectivity index (χ0v) is 10.9. The van der Waals surface area contributed by atoms with E-state index in [-0.39, 0.29) is 6.10 Å². The summed E-state index contributed by atoms with van der Waals surface area (Å²) in [4.78, 5) is 2.41. The van der Waals surface area contributed by atoms with Gasteiger partial charge in [0.15, 0.2) is 0 Å². The molecule has 0 saturated heterocycles. The Morgan fingerprint density at radius 3 is 2.60 bits per heavy atom. The first-order valence-electron chi connectivity index (χ1n) is 6.13. The zero-order valence-electron chi connectivity index (χ0n) is 10.0. The SMILES string of the molecule is CCCC(CS)CN(C)CC1CC(O)C1. The quantitative estimate of drug-likeness (QED) is 0.655. The maximum Gasteiger partial charge on any atom is 0.0546 e. The summed E-state index contributed by atoms with van der Waals surface area (Å²) >= 11 is 4.40. The van der Waals surface area contributed by atoms with Crippen LogP contribution in [0.5, 0.6) is 0 Å². The zero-order chi connectivity index (χ0) is 11.3. The molecule has 1 unspecified atom stereocenters. The van der Waals surface area contributed by atoms with Gasteiger partial charge in [-0.3, -0.25) is 0 Å². The van der Waals surface area contributed by atoms with Gasteiger partial charge >= 0.3 is 0 Å². The molecule has 1 atom stereocenters. The lowest BCUT2D eigenvalue weighted by Gasteiger charge is -2.35. The van der Waals surface area contributed by atoms with Crippen LogP contribution in [0.3, 0.4) is 0 Å². The molecule has 0 aliphatic heterocycles. The first-order chi connectivity index (χ1) is 7.15. The van der Waals surface area contributed by atoms with Crippen molar-refractivity contribution >= 4 is 12.6 Å². The van der Waals surface area contributed by atoms with Crippen LogP contribution in [0.4, 0.5) is 0 Å². The highest BCUT2D eigenvalue weighted by atomic mass is 32.1. The van der Waals surface area contributed by atoms with E-state index in [2.05, 4.69) is 31.5 Å². The van der Waals surface area contributed by atoms with Crippen molar-refractivity contribution in [1.82, 2.24) is 4.90 Å². The minimum atomic E-state index is -0.0142. The summed E-state index contributed by atoms with van der Waals surface area (Å²) in [5.41, 5.74) is 0. The summed E-state index contributed by atoms with van der Waals surface area (Å²) < 4.78 is 0. The third kappa shape index (κ3) is 4.75. The first-order valence-corrected chi connectivity index (χ1v) is 6.76. The molecule has 1 N–H and O–H groups in total. The Morgan fingerprint density at radius 1 is 1.47 bits per heavy atom. The smallest absolute Gasteiger partial charge is 0.0546 e. The fourth-order valence-corrected chi connectivity index (χ4v) is 2.75. The van der Waals surface area contributed by atoms with Gasteiger partial charge in [-0.2, -0.15) is 12.6 Å². The second-order valence-corrected chi connectivity index (χ2v) is 5.41. The van der Waals surface area contributed by atoms with Crippen molar-refractivity contribution in [3.8, 4) is 0 Å². The number of thiol groups is 1. The molecule has 0 bridgehead atoms. The van der Waals surface area contributed by atoms with Crippen molar-refractivity contribution in [2.75, 3.05) is 25.9 Å². The normalized spacial score (nSPS) is 27.8. The van der Waals surface area contributed by atoms with Gasteiger partial charge in [0, 0.05) is 13.1 Å². The van der Waals surface area contributed by atoms with E-state index in [9.17, 15) is 5.11 Å². The van der Waals surface area contributed by atoms with E-state index in [4.69, 9.17) is 0 Å². The molecule has 0 aromatic heterocycles. The molecule has 0 heterocycles. The maximum atomic E-state index is 9.21. The molecular formula is C12H25NOS. The van der Waals surface area contributed by atoms with E-state index >= 15 is 0 Å². The molecule has 0 amide bonds. The molecular weight excluding hydrogens is 206 g/mol. The van der Waals surface area contributed by atoms with E-state index < -0.39 is 0 Å². The second kappa shape index (κ2) is 6.77. The van der Waals surface area contributed by atoms with Gasteiger partial charge in [0.2, 0.25) is 0 Å². The van der Waals surface area contributed by atoms with Crippen molar-refractivity contribution in [3.63, 3.8) is 0 Å². The number of hydrogen-bond donors (Lipinski definition) is 2. The van der Waals surface area contributed by atoms with E-state index in [1.54, 1.807) is 0 Å². The molecule has 90 valence electrons. The molecule has 15 heavy (non-hydrogen) atoms. The summed E-state index contributed by atoms with van der Waals surface area (Å²) in [6.07, 6.45) is 4.52. The maximum absolute atomic E-state index is 9.21. The van der Waals surface area contributed by atoms with Crippen LogP contribution in [-0.2, 0) is 0 Å².